The molecule has 0 aromatic heterocycles. The molecule has 1 fully saturated rings. The molecular formula is C15H17NO2. The molecule has 0 N–H and O–H groups in total. The van der Waals surface area contributed by atoms with E-state index >= 15 is 0 Å². The molecule has 1 saturated carbocycles. The Bertz CT molecular complexity index is 466. The molecular weight excluding hydrogens is 226 g/mol. The van der Waals surface area contributed by atoms with E-state index in [1.54, 1.807) is 12.1 Å². The van der Waals surface area contributed by atoms with Crippen LogP contribution in [0, 0.1) is 16.7 Å². The van der Waals surface area contributed by atoms with Gasteiger partial charge in [0.15, 0.2) is 5.78 Å². The molecule has 3 nitrogen and oxygen atoms in total. The van der Waals surface area contributed by atoms with E-state index in [0.29, 0.717) is 19.4 Å². The van der Waals surface area contributed by atoms with Gasteiger partial charge < -0.3 is 4.74 Å². The number of nitriles is 1. The summed E-state index contributed by atoms with van der Waals surface area (Å²) in [6, 6.07) is 9.46. The summed E-state index contributed by atoms with van der Waals surface area (Å²) in [5, 5.41) is 8.72. The smallest absolute Gasteiger partial charge is 0.162 e. The Balaban J connectivity index is 1.91. The lowest BCUT2D eigenvalue weighted by atomic mass is 10.1. The summed E-state index contributed by atoms with van der Waals surface area (Å²) < 4.78 is 5.69. The average Bonchev–Trinajstić information content (AvgIpc) is 3.17. The molecule has 0 amide bonds. The van der Waals surface area contributed by atoms with E-state index in [1.165, 1.54) is 0 Å². The Morgan fingerprint density at radius 3 is 2.56 bits per heavy atom. The number of ether oxygens (including phenoxy) is 1. The van der Waals surface area contributed by atoms with Crippen molar-refractivity contribution in [2.24, 2.45) is 5.41 Å². The molecule has 0 aliphatic heterocycles. The van der Waals surface area contributed by atoms with Crippen LogP contribution in [0.25, 0.3) is 0 Å². The summed E-state index contributed by atoms with van der Waals surface area (Å²) >= 11 is 0. The molecule has 0 saturated heterocycles. The lowest BCUT2D eigenvalue weighted by Crippen LogP contribution is -2.12. The van der Waals surface area contributed by atoms with Crippen LogP contribution in [0.5, 0.6) is 5.75 Å². The maximum absolute atomic E-state index is 11.5. The maximum atomic E-state index is 11.5. The van der Waals surface area contributed by atoms with Gasteiger partial charge in [0.1, 0.15) is 5.75 Å². The van der Waals surface area contributed by atoms with E-state index < -0.39 is 0 Å². The van der Waals surface area contributed by atoms with Crippen molar-refractivity contribution in [3.8, 4) is 11.8 Å². The first-order valence-electron chi connectivity index (χ1n) is 6.32. The third kappa shape index (κ3) is 2.89. The average molecular weight is 243 g/mol. The Morgan fingerprint density at radius 1 is 1.39 bits per heavy atom. The van der Waals surface area contributed by atoms with Crippen molar-refractivity contribution in [3.05, 3.63) is 29.8 Å². The second-order valence-electron chi connectivity index (χ2n) is 4.92. The fraction of sp³-hybridized carbons (Fsp3) is 0.467. The normalized spacial score (nSPS) is 15.8. The van der Waals surface area contributed by atoms with Crippen LogP contribution in [0.2, 0.25) is 0 Å². The molecule has 1 aliphatic carbocycles. The quantitative estimate of drug-likeness (QED) is 0.720. The van der Waals surface area contributed by atoms with Gasteiger partial charge in [0.2, 0.25) is 0 Å². The molecule has 18 heavy (non-hydrogen) atoms. The minimum atomic E-state index is 0.0899. The highest BCUT2D eigenvalue weighted by Crippen LogP contribution is 2.48. The van der Waals surface area contributed by atoms with E-state index in [0.717, 1.165) is 24.2 Å². The Labute approximate surface area is 107 Å². The highest BCUT2D eigenvalue weighted by atomic mass is 16.5. The van der Waals surface area contributed by atoms with Gasteiger partial charge in [-0.3, -0.25) is 4.79 Å². The summed E-state index contributed by atoms with van der Waals surface area (Å²) in [5.41, 5.74) is 0.815. The van der Waals surface area contributed by atoms with Crippen molar-refractivity contribution in [2.45, 2.75) is 32.6 Å². The molecule has 3 heteroatoms. The van der Waals surface area contributed by atoms with Gasteiger partial charge in [-0.05, 0) is 37.1 Å². The standard InChI is InChI=1S/C15H17NO2/c1-2-14(17)12-3-5-13(6-4-12)18-11-15(7-8-15)9-10-16/h3-6H,2,7-9,11H2,1H3. The number of hydrogen-bond acceptors (Lipinski definition) is 3. The van der Waals surface area contributed by atoms with Crippen molar-refractivity contribution in [1.29, 1.82) is 5.26 Å². The summed E-state index contributed by atoms with van der Waals surface area (Å²) in [7, 11) is 0. The Hall–Kier alpha value is -1.82. The number of ketones is 1. The van der Waals surface area contributed by atoms with Crippen LogP contribution >= 0.6 is 0 Å². The van der Waals surface area contributed by atoms with Crippen LogP contribution < -0.4 is 4.74 Å². The van der Waals surface area contributed by atoms with E-state index in [1.807, 2.05) is 19.1 Å². The predicted octanol–water partition coefficient (Wildman–Crippen LogP) is 3.35. The third-order valence-corrected chi connectivity index (χ3v) is 3.45. The van der Waals surface area contributed by atoms with Crippen molar-refractivity contribution < 1.29 is 9.53 Å². The first-order chi connectivity index (χ1) is 8.69. The van der Waals surface area contributed by atoms with Gasteiger partial charge in [-0.2, -0.15) is 5.26 Å². The molecule has 94 valence electrons. The van der Waals surface area contributed by atoms with Crippen LogP contribution in [0.15, 0.2) is 24.3 Å². The van der Waals surface area contributed by atoms with E-state index in [4.69, 9.17) is 10.00 Å². The van der Waals surface area contributed by atoms with Crippen molar-refractivity contribution in [3.63, 3.8) is 0 Å². The molecule has 0 bridgehead atoms. The number of nitrogens with zero attached hydrogens (tertiary/aromatic N) is 1. The van der Waals surface area contributed by atoms with Gasteiger partial charge in [0, 0.05) is 23.8 Å². The van der Waals surface area contributed by atoms with E-state index in [2.05, 4.69) is 6.07 Å². The Morgan fingerprint density at radius 2 is 2.06 bits per heavy atom. The molecule has 0 heterocycles. The van der Waals surface area contributed by atoms with Crippen molar-refractivity contribution in [1.82, 2.24) is 0 Å². The second kappa shape index (κ2) is 5.22. The molecule has 0 atom stereocenters. The van der Waals surface area contributed by atoms with Gasteiger partial charge in [-0.15, -0.1) is 0 Å². The number of carbonyl (C=O) groups excluding carboxylic acids is 1. The zero-order valence-electron chi connectivity index (χ0n) is 10.6. The highest BCUT2D eigenvalue weighted by molar-refractivity contribution is 5.95. The minimum Gasteiger partial charge on any atom is -0.493 e. The molecule has 2 rings (SSSR count). The number of benzene rings is 1. The highest BCUT2D eigenvalue weighted by Gasteiger charge is 2.43. The lowest BCUT2D eigenvalue weighted by molar-refractivity contribution is 0.0988. The Kier molecular flexibility index (Phi) is 3.66. The number of hydrogen-bond donors (Lipinski definition) is 0. The largest absolute Gasteiger partial charge is 0.493 e. The van der Waals surface area contributed by atoms with Gasteiger partial charge in [0.25, 0.3) is 0 Å². The van der Waals surface area contributed by atoms with Gasteiger partial charge in [-0.25, -0.2) is 0 Å². The monoisotopic (exact) mass is 243 g/mol. The lowest BCUT2D eigenvalue weighted by Gasteiger charge is -2.12. The zero-order chi connectivity index (χ0) is 13.0. The summed E-state index contributed by atoms with van der Waals surface area (Å²) in [4.78, 5) is 11.5. The molecule has 0 spiro atoms. The van der Waals surface area contributed by atoms with Crippen molar-refractivity contribution >= 4 is 5.78 Å². The van der Waals surface area contributed by atoms with E-state index in [9.17, 15) is 4.79 Å². The predicted molar refractivity (Wildman–Crippen MR) is 68.5 cm³/mol. The number of carbonyl (C=O) groups is 1. The first-order valence-corrected chi connectivity index (χ1v) is 6.32. The number of rotatable bonds is 6. The van der Waals surface area contributed by atoms with Gasteiger partial charge in [-0.1, -0.05) is 6.92 Å². The number of Topliss-reactive ketones (excluding diaryl/α,β-unsaturated/α-hetero) is 1. The molecule has 1 aromatic carbocycles. The third-order valence-electron chi connectivity index (χ3n) is 3.45. The van der Waals surface area contributed by atoms with E-state index in [-0.39, 0.29) is 11.2 Å². The molecule has 0 radical (unpaired) electrons. The van der Waals surface area contributed by atoms with Gasteiger partial charge >= 0.3 is 0 Å². The topological polar surface area (TPSA) is 50.1 Å². The molecule has 1 aromatic rings. The maximum Gasteiger partial charge on any atom is 0.162 e. The fourth-order valence-electron chi connectivity index (χ4n) is 1.89. The summed E-state index contributed by atoms with van der Waals surface area (Å²) in [6.07, 6.45) is 3.24. The van der Waals surface area contributed by atoms with Crippen LogP contribution in [0.4, 0.5) is 0 Å². The molecule has 0 unspecified atom stereocenters. The van der Waals surface area contributed by atoms with Crippen LogP contribution in [0.3, 0.4) is 0 Å². The molecule has 1 aliphatic rings. The van der Waals surface area contributed by atoms with Gasteiger partial charge in [0.05, 0.1) is 12.7 Å². The summed E-state index contributed by atoms with van der Waals surface area (Å²) in [5.74, 6) is 0.913. The first kappa shape index (κ1) is 12.6. The van der Waals surface area contributed by atoms with Crippen LogP contribution in [-0.2, 0) is 0 Å². The summed E-state index contributed by atoms with van der Waals surface area (Å²) in [6.45, 7) is 2.45. The zero-order valence-corrected chi connectivity index (χ0v) is 10.6. The van der Waals surface area contributed by atoms with Crippen LogP contribution in [0.1, 0.15) is 43.0 Å². The van der Waals surface area contributed by atoms with Crippen molar-refractivity contribution in [2.75, 3.05) is 6.61 Å². The SMILES string of the molecule is CCC(=O)c1ccc(OCC2(CC#N)CC2)cc1. The minimum absolute atomic E-state index is 0.0899. The van der Waals surface area contributed by atoms with Crippen LogP contribution in [-0.4, -0.2) is 12.4 Å². The second-order valence-corrected chi connectivity index (χ2v) is 4.92. The fourth-order valence-corrected chi connectivity index (χ4v) is 1.89.